The molecule has 0 amide bonds. The predicted octanol–water partition coefficient (Wildman–Crippen LogP) is 3.30. The standard InChI is InChI=1S/C10H6ClF3/c11-6-2-4-8-3-1-5-9(7-8)10(12,13)14/h1,3,5,7H,6H2. The molecular weight excluding hydrogens is 213 g/mol. The van der Waals surface area contributed by atoms with Crippen molar-refractivity contribution in [2.45, 2.75) is 6.18 Å². The van der Waals surface area contributed by atoms with Crippen LogP contribution in [0.15, 0.2) is 24.3 Å². The summed E-state index contributed by atoms with van der Waals surface area (Å²) in [5.41, 5.74) is -0.376. The molecule has 0 aliphatic rings. The van der Waals surface area contributed by atoms with Gasteiger partial charge in [0.25, 0.3) is 0 Å². The Morgan fingerprint density at radius 3 is 2.57 bits per heavy atom. The van der Waals surface area contributed by atoms with Crippen molar-refractivity contribution in [2.75, 3.05) is 5.88 Å². The van der Waals surface area contributed by atoms with Gasteiger partial charge in [0.1, 0.15) is 0 Å². The lowest BCUT2D eigenvalue weighted by molar-refractivity contribution is -0.137. The lowest BCUT2D eigenvalue weighted by atomic mass is 10.1. The first-order valence-corrected chi connectivity index (χ1v) is 4.29. The van der Waals surface area contributed by atoms with Gasteiger partial charge >= 0.3 is 6.18 Å². The minimum atomic E-state index is -4.32. The van der Waals surface area contributed by atoms with E-state index in [1.54, 1.807) is 0 Å². The maximum atomic E-state index is 12.2. The van der Waals surface area contributed by atoms with Gasteiger partial charge in [0.2, 0.25) is 0 Å². The van der Waals surface area contributed by atoms with Crippen LogP contribution in [0.3, 0.4) is 0 Å². The van der Waals surface area contributed by atoms with E-state index < -0.39 is 11.7 Å². The summed E-state index contributed by atoms with van der Waals surface area (Å²) in [6.07, 6.45) is -4.32. The van der Waals surface area contributed by atoms with Gasteiger partial charge in [-0.2, -0.15) is 13.2 Å². The van der Waals surface area contributed by atoms with Gasteiger partial charge in [0.15, 0.2) is 0 Å². The lowest BCUT2D eigenvalue weighted by Crippen LogP contribution is -2.04. The molecule has 0 N–H and O–H groups in total. The summed E-state index contributed by atoms with van der Waals surface area (Å²) in [5, 5.41) is 0. The van der Waals surface area contributed by atoms with E-state index in [9.17, 15) is 13.2 Å². The number of halogens is 4. The molecule has 1 aromatic carbocycles. The van der Waals surface area contributed by atoms with E-state index in [4.69, 9.17) is 11.6 Å². The molecule has 4 heteroatoms. The fraction of sp³-hybridized carbons (Fsp3) is 0.200. The summed E-state index contributed by atoms with van der Waals surface area (Å²) in [7, 11) is 0. The second-order valence-electron chi connectivity index (χ2n) is 2.51. The molecule has 0 saturated heterocycles. The predicted molar refractivity (Wildman–Crippen MR) is 49.0 cm³/mol. The third-order valence-corrected chi connectivity index (χ3v) is 1.62. The molecule has 0 atom stereocenters. The van der Waals surface area contributed by atoms with E-state index in [1.807, 2.05) is 0 Å². The quantitative estimate of drug-likeness (QED) is 0.463. The Labute approximate surface area is 84.7 Å². The van der Waals surface area contributed by atoms with Crippen LogP contribution in [0.25, 0.3) is 0 Å². The Kier molecular flexibility index (Phi) is 3.43. The van der Waals surface area contributed by atoms with Crippen LogP contribution in [0.5, 0.6) is 0 Å². The van der Waals surface area contributed by atoms with E-state index in [0.717, 1.165) is 12.1 Å². The molecule has 0 saturated carbocycles. The third-order valence-electron chi connectivity index (χ3n) is 1.49. The van der Waals surface area contributed by atoms with Crippen molar-refractivity contribution in [1.29, 1.82) is 0 Å². The van der Waals surface area contributed by atoms with Gasteiger partial charge in [-0.25, -0.2) is 0 Å². The minimum absolute atomic E-state index is 0.107. The van der Waals surface area contributed by atoms with Gasteiger partial charge in [-0.05, 0) is 18.2 Å². The molecule has 1 aromatic rings. The van der Waals surface area contributed by atoms with E-state index in [1.165, 1.54) is 12.1 Å². The van der Waals surface area contributed by atoms with E-state index in [-0.39, 0.29) is 5.88 Å². The highest BCUT2D eigenvalue weighted by molar-refractivity contribution is 6.19. The highest BCUT2D eigenvalue weighted by atomic mass is 35.5. The minimum Gasteiger partial charge on any atom is -0.166 e. The molecule has 0 unspecified atom stereocenters. The summed E-state index contributed by atoms with van der Waals surface area (Å²) in [6.45, 7) is 0. The topological polar surface area (TPSA) is 0 Å². The van der Waals surface area contributed by atoms with Gasteiger partial charge in [0.05, 0.1) is 11.4 Å². The molecule has 1 rings (SSSR count). The van der Waals surface area contributed by atoms with Crippen LogP contribution in [0.1, 0.15) is 11.1 Å². The Morgan fingerprint density at radius 2 is 2.00 bits per heavy atom. The van der Waals surface area contributed by atoms with Gasteiger partial charge in [-0.15, -0.1) is 11.6 Å². The Morgan fingerprint density at radius 1 is 1.29 bits per heavy atom. The Bertz CT molecular complexity index is 371. The molecule has 0 radical (unpaired) electrons. The monoisotopic (exact) mass is 218 g/mol. The van der Waals surface area contributed by atoms with Crippen molar-refractivity contribution in [2.24, 2.45) is 0 Å². The van der Waals surface area contributed by atoms with Crippen molar-refractivity contribution in [1.82, 2.24) is 0 Å². The van der Waals surface area contributed by atoms with Gasteiger partial charge in [0, 0.05) is 5.56 Å². The molecular formula is C10H6ClF3. The van der Waals surface area contributed by atoms with Crippen LogP contribution in [0.2, 0.25) is 0 Å². The average molecular weight is 219 g/mol. The van der Waals surface area contributed by atoms with Crippen LogP contribution < -0.4 is 0 Å². The number of hydrogen-bond donors (Lipinski definition) is 0. The number of hydrogen-bond acceptors (Lipinski definition) is 0. The number of rotatable bonds is 0. The Balaban J connectivity index is 3.02. The first kappa shape index (κ1) is 10.9. The zero-order chi connectivity index (χ0) is 10.6. The van der Waals surface area contributed by atoms with Crippen molar-refractivity contribution < 1.29 is 13.2 Å². The van der Waals surface area contributed by atoms with Crippen LogP contribution in [0, 0.1) is 11.8 Å². The zero-order valence-electron chi connectivity index (χ0n) is 7.03. The molecule has 0 aliphatic heterocycles. The van der Waals surface area contributed by atoms with Gasteiger partial charge in [-0.1, -0.05) is 17.9 Å². The van der Waals surface area contributed by atoms with Crippen LogP contribution in [-0.4, -0.2) is 5.88 Å². The molecule has 74 valence electrons. The highest BCUT2D eigenvalue weighted by Gasteiger charge is 2.30. The Hall–Kier alpha value is -1.14. The van der Waals surface area contributed by atoms with Gasteiger partial charge < -0.3 is 0 Å². The van der Waals surface area contributed by atoms with Crippen LogP contribution >= 0.6 is 11.6 Å². The SMILES string of the molecule is FC(F)(F)c1cccc(C#CCCl)c1. The van der Waals surface area contributed by atoms with Crippen molar-refractivity contribution in [3.05, 3.63) is 35.4 Å². The van der Waals surface area contributed by atoms with Crippen LogP contribution in [0.4, 0.5) is 13.2 Å². The average Bonchev–Trinajstić information content (AvgIpc) is 2.14. The van der Waals surface area contributed by atoms with E-state index >= 15 is 0 Å². The summed E-state index contributed by atoms with van der Waals surface area (Å²) in [4.78, 5) is 0. The fourth-order valence-corrected chi connectivity index (χ4v) is 0.976. The number of benzene rings is 1. The summed E-state index contributed by atoms with van der Waals surface area (Å²) in [6, 6.07) is 4.83. The molecule has 0 spiro atoms. The van der Waals surface area contributed by atoms with Gasteiger partial charge in [-0.3, -0.25) is 0 Å². The van der Waals surface area contributed by atoms with Crippen molar-refractivity contribution in [3.8, 4) is 11.8 Å². The van der Waals surface area contributed by atoms with Crippen molar-refractivity contribution >= 4 is 11.6 Å². The molecule has 0 heterocycles. The van der Waals surface area contributed by atoms with Crippen LogP contribution in [-0.2, 0) is 6.18 Å². The second kappa shape index (κ2) is 4.39. The summed E-state index contributed by atoms with van der Waals surface area (Å²) < 4.78 is 36.6. The second-order valence-corrected chi connectivity index (χ2v) is 2.78. The van der Waals surface area contributed by atoms with E-state index in [2.05, 4.69) is 11.8 Å². The molecule has 0 aliphatic carbocycles. The largest absolute Gasteiger partial charge is 0.416 e. The molecule has 14 heavy (non-hydrogen) atoms. The fourth-order valence-electron chi connectivity index (χ4n) is 0.909. The smallest absolute Gasteiger partial charge is 0.166 e. The maximum absolute atomic E-state index is 12.2. The molecule has 0 aromatic heterocycles. The summed E-state index contributed by atoms with van der Waals surface area (Å²) in [5.74, 6) is 5.12. The summed E-state index contributed by atoms with van der Waals surface area (Å²) >= 11 is 5.29. The molecule has 0 fully saturated rings. The highest BCUT2D eigenvalue weighted by Crippen LogP contribution is 2.29. The van der Waals surface area contributed by atoms with E-state index in [0.29, 0.717) is 5.56 Å². The maximum Gasteiger partial charge on any atom is 0.416 e. The normalized spacial score (nSPS) is 10.6. The first-order valence-electron chi connectivity index (χ1n) is 3.76. The number of alkyl halides is 4. The molecule has 0 bridgehead atoms. The third kappa shape index (κ3) is 2.97. The first-order chi connectivity index (χ1) is 6.54. The molecule has 0 nitrogen and oxygen atoms in total. The van der Waals surface area contributed by atoms with Crippen molar-refractivity contribution in [3.63, 3.8) is 0 Å². The zero-order valence-corrected chi connectivity index (χ0v) is 7.78. The lowest BCUT2D eigenvalue weighted by Gasteiger charge is -2.05.